The van der Waals surface area contributed by atoms with Crippen molar-refractivity contribution in [2.75, 3.05) is 0 Å². The van der Waals surface area contributed by atoms with Crippen LogP contribution in [0.2, 0.25) is 0 Å². The minimum Gasteiger partial charge on any atom is -0.0885 e. The highest BCUT2D eigenvalue weighted by Crippen LogP contribution is 2.20. The van der Waals surface area contributed by atoms with Crippen LogP contribution in [-0.2, 0) is 6.42 Å². The normalized spacial score (nSPS) is 11.5. The Morgan fingerprint density at radius 2 is 1.45 bits per heavy atom. The first kappa shape index (κ1) is 16.8. The molecule has 2 aromatic rings. The summed E-state index contributed by atoms with van der Waals surface area (Å²) < 4.78 is 0. The maximum Gasteiger partial charge on any atom is -0.0152 e. The molecule has 0 radical (unpaired) electrons. The van der Waals surface area contributed by atoms with Gasteiger partial charge in [-0.15, -0.1) is 0 Å². The molecule has 22 heavy (non-hydrogen) atoms. The van der Waals surface area contributed by atoms with Gasteiger partial charge in [0.25, 0.3) is 0 Å². The van der Waals surface area contributed by atoms with Crippen LogP contribution in [0.15, 0.2) is 54.6 Å². The van der Waals surface area contributed by atoms with Crippen molar-refractivity contribution >= 4 is 10.8 Å². The fourth-order valence-corrected chi connectivity index (χ4v) is 3.01. The number of benzene rings is 2. The Hall–Kier alpha value is -1.56. The van der Waals surface area contributed by atoms with Gasteiger partial charge in [0, 0.05) is 0 Å². The van der Waals surface area contributed by atoms with Gasteiger partial charge in [-0.25, -0.2) is 0 Å². The van der Waals surface area contributed by atoms with E-state index >= 15 is 0 Å². The second kappa shape index (κ2) is 10.2. The fraction of sp³-hybridized carbons (Fsp3) is 0.455. The molecule has 0 saturated heterocycles. The van der Waals surface area contributed by atoms with Crippen LogP contribution in [0.3, 0.4) is 0 Å². The molecule has 0 nitrogen and oxygen atoms in total. The third-order valence-corrected chi connectivity index (χ3v) is 4.34. The summed E-state index contributed by atoms with van der Waals surface area (Å²) in [4.78, 5) is 0. The summed E-state index contributed by atoms with van der Waals surface area (Å²) in [6, 6.07) is 15.4. The van der Waals surface area contributed by atoms with Gasteiger partial charge in [-0.2, -0.15) is 0 Å². The SMILES string of the molecule is CCCCCC/C=C/CCCCc1cccc2ccccc12. The first-order valence-electron chi connectivity index (χ1n) is 9.03. The van der Waals surface area contributed by atoms with E-state index in [1.54, 1.807) is 0 Å². The third kappa shape index (κ3) is 5.67. The van der Waals surface area contributed by atoms with Crippen molar-refractivity contribution in [1.82, 2.24) is 0 Å². The summed E-state index contributed by atoms with van der Waals surface area (Å²) >= 11 is 0. The number of hydrogen-bond donors (Lipinski definition) is 0. The second-order valence-corrected chi connectivity index (χ2v) is 6.20. The van der Waals surface area contributed by atoms with Crippen molar-refractivity contribution in [2.24, 2.45) is 0 Å². The van der Waals surface area contributed by atoms with Gasteiger partial charge in [-0.3, -0.25) is 0 Å². The van der Waals surface area contributed by atoms with E-state index < -0.39 is 0 Å². The van der Waals surface area contributed by atoms with Crippen LogP contribution in [0.4, 0.5) is 0 Å². The first-order chi connectivity index (χ1) is 10.9. The molecule has 0 N–H and O–H groups in total. The van der Waals surface area contributed by atoms with Crippen LogP contribution >= 0.6 is 0 Å². The molecule has 0 spiro atoms. The predicted molar refractivity (Wildman–Crippen MR) is 99.4 cm³/mol. The summed E-state index contributed by atoms with van der Waals surface area (Å²) in [6.45, 7) is 2.27. The average molecular weight is 294 g/mol. The van der Waals surface area contributed by atoms with Gasteiger partial charge in [-0.05, 0) is 54.9 Å². The summed E-state index contributed by atoms with van der Waals surface area (Å²) in [6.07, 6.45) is 16.5. The van der Waals surface area contributed by atoms with Crippen molar-refractivity contribution in [2.45, 2.75) is 64.7 Å². The van der Waals surface area contributed by atoms with Crippen molar-refractivity contribution in [1.29, 1.82) is 0 Å². The van der Waals surface area contributed by atoms with Crippen LogP contribution < -0.4 is 0 Å². The molecule has 0 bridgehead atoms. The largest absolute Gasteiger partial charge is 0.0885 e. The lowest BCUT2D eigenvalue weighted by Gasteiger charge is -2.05. The zero-order valence-electron chi connectivity index (χ0n) is 14.1. The van der Waals surface area contributed by atoms with Gasteiger partial charge in [-0.1, -0.05) is 80.8 Å². The summed E-state index contributed by atoms with van der Waals surface area (Å²) in [5.74, 6) is 0. The van der Waals surface area contributed by atoms with Gasteiger partial charge in [0.1, 0.15) is 0 Å². The number of allylic oxidation sites excluding steroid dienone is 2. The molecule has 0 fully saturated rings. The third-order valence-electron chi connectivity index (χ3n) is 4.34. The number of hydrogen-bond acceptors (Lipinski definition) is 0. The highest BCUT2D eigenvalue weighted by atomic mass is 14.0. The molecular formula is C22H30. The van der Waals surface area contributed by atoms with Crippen LogP contribution in [-0.4, -0.2) is 0 Å². The molecule has 0 heterocycles. The van der Waals surface area contributed by atoms with Gasteiger partial charge >= 0.3 is 0 Å². The van der Waals surface area contributed by atoms with Gasteiger partial charge in [0.2, 0.25) is 0 Å². The highest BCUT2D eigenvalue weighted by Gasteiger charge is 1.99. The van der Waals surface area contributed by atoms with E-state index in [4.69, 9.17) is 0 Å². The molecule has 0 aromatic heterocycles. The molecule has 0 aliphatic heterocycles. The van der Waals surface area contributed by atoms with E-state index in [9.17, 15) is 0 Å². The van der Waals surface area contributed by atoms with E-state index in [0.29, 0.717) is 0 Å². The Bertz CT molecular complexity index is 560. The lowest BCUT2D eigenvalue weighted by atomic mass is 10.00. The maximum atomic E-state index is 2.38. The first-order valence-corrected chi connectivity index (χ1v) is 9.03. The van der Waals surface area contributed by atoms with Crippen LogP contribution in [0.5, 0.6) is 0 Å². The molecule has 118 valence electrons. The monoisotopic (exact) mass is 294 g/mol. The smallest absolute Gasteiger partial charge is 0.0152 e. The van der Waals surface area contributed by atoms with Gasteiger partial charge < -0.3 is 0 Å². The van der Waals surface area contributed by atoms with Crippen LogP contribution in [0, 0.1) is 0 Å². The zero-order valence-corrected chi connectivity index (χ0v) is 14.1. The Balaban J connectivity index is 1.65. The number of rotatable bonds is 10. The van der Waals surface area contributed by atoms with Gasteiger partial charge in [0.05, 0.1) is 0 Å². The summed E-state index contributed by atoms with van der Waals surface area (Å²) in [5.41, 5.74) is 1.50. The molecular weight excluding hydrogens is 264 g/mol. The molecule has 0 aliphatic rings. The molecule has 0 amide bonds. The standard InChI is InChI=1S/C22H30/c1-2-3-4-5-6-7-8-9-10-11-15-20-17-14-18-21-16-12-13-19-22(20)21/h7-8,12-14,16-19H,2-6,9-11,15H2,1H3/b8-7+. The Morgan fingerprint density at radius 3 is 2.27 bits per heavy atom. The molecule has 0 aliphatic carbocycles. The van der Waals surface area contributed by atoms with Crippen LogP contribution in [0.25, 0.3) is 10.8 Å². The summed E-state index contributed by atoms with van der Waals surface area (Å²) in [5, 5.41) is 2.79. The van der Waals surface area contributed by atoms with E-state index in [2.05, 4.69) is 61.5 Å². The predicted octanol–water partition coefficient (Wildman–Crippen LogP) is 7.08. The lowest BCUT2D eigenvalue weighted by molar-refractivity contribution is 0.672. The highest BCUT2D eigenvalue weighted by molar-refractivity contribution is 5.85. The second-order valence-electron chi connectivity index (χ2n) is 6.20. The molecule has 0 atom stereocenters. The zero-order chi connectivity index (χ0) is 15.5. The minimum absolute atomic E-state index is 1.20. The Morgan fingerprint density at radius 1 is 0.727 bits per heavy atom. The van der Waals surface area contributed by atoms with Crippen molar-refractivity contribution in [3.63, 3.8) is 0 Å². The van der Waals surface area contributed by atoms with Crippen LogP contribution in [0.1, 0.15) is 63.9 Å². The minimum atomic E-state index is 1.20. The van der Waals surface area contributed by atoms with E-state index in [1.807, 2.05) is 0 Å². The van der Waals surface area contributed by atoms with Gasteiger partial charge in [0.15, 0.2) is 0 Å². The Kier molecular flexibility index (Phi) is 7.80. The number of fused-ring (bicyclic) bond motifs is 1. The Labute approximate surface area is 136 Å². The lowest BCUT2D eigenvalue weighted by Crippen LogP contribution is -1.87. The molecule has 0 unspecified atom stereocenters. The van der Waals surface area contributed by atoms with Crippen molar-refractivity contribution in [3.05, 3.63) is 60.2 Å². The average Bonchev–Trinajstić information content (AvgIpc) is 2.56. The molecule has 2 rings (SSSR count). The van der Waals surface area contributed by atoms with Crippen molar-refractivity contribution < 1.29 is 0 Å². The molecule has 0 heteroatoms. The van der Waals surface area contributed by atoms with E-state index in [0.717, 1.165) is 0 Å². The quantitative estimate of drug-likeness (QED) is 0.324. The molecule has 0 saturated carbocycles. The fourth-order valence-electron chi connectivity index (χ4n) is 3.01. The van der Waals surface area contributed by atoms with E-state index in [-0.39, 0.29) is 0 Å². The molecule has 2 aromatic carbocycles. The number of unbranched alkanes of at least 4 members (excludes halogenated alkanes) is 6. The summed E-state index contributed by atoms with van der Waals surface area (Å²) in [7, 11) is 0. The van der Waals surface area contributed by atoms with E-state index in [1.165, 1.54) is 74.1 Å². The number of aryl methyl sites for hydroxylation is 1. The maximum absolute atomic E-state index is 2.38. The topological polar surface area (TPSA) is 0 Å². The van der Waals surface area contributed by atoms with Crippen molar-refractivity contribution in [3.8, 4) is 0 Å².